The van der Waals surface area contributed by atoms with Crippen LogP contribution < -0.4 is 4.74 Å². The number of benzene rings is 1. The van der Waals surface area contributed by atoms with Crippen LogP contribution in [0.1, 0.15) is 76.2 Å². The molecule has 6 aliphatic rings. The van der Waals surface area contributed by atoms with Crippen molar-refractivity contribution in [2.75, 3.05) is 46.4 Å². The molecule has 7 heteroatoms. The lowest BCUT2D eigenvalue weighted by Gasteiger charge is -2.58. The van der Waals surface area contributed by atoms with Gasteiger partial charge in [-0.05, 0) is 93.2 Å². The first-order valence-electron chi connectivity index (χ1n) is 15.1. The molecular weight excluding hydrogens is 480 g/mol. The molecule has 6 fully saturated rings. The summed E-state index contributed by atoms with van der Waals surface area (Å²) in [6, 6.07) is 8.70. The second-order valence-corrected chi connectivity index (χ2v) is 12.6. The normalized spacial score (nSPS) is 36.9. The molecule has 0 atom stereocenters. The van der Waals surface area contributed by atoms with Gasteiger partial charge in [-0.2, -0.15) is 0 Å². The lowest BCUT2D eigenvalue weighted by atomic mass is 9.53. The first-order valence-corrected chi connectivity index (χ1v) is 15.1. The first-order chi connectivity index (χ1) is 18.5. The third-order valence-corrected chi connectivity index (χ3v) is 10.4. The summed E-state index contributed by atoms with van der Waals surface area (Å²) < 4.78 is 12.1. The zero-order chi connectivity index (χ0) is 26.1. The molecule has 4 bridgehead atoms. The van der Waals surface area contributed by atoms with Crippen LogP contribution in [0.5, 0.6) is 5.75 Å². The van der Waals surface area contributed by atoms with Gasteiger partial charge in [-0.3, -0.25) is 9.69 Å². The second-order valence-electron chi connectivity index (χ2n) is 12.6. The average Bonchev–Trinajstić information content (AvgIpc) is 2.94. The highest BCUT2D eigenvalue weighted by Gasteiger charge is 2.60. The Morgan fingerprint density at radius 2 is 1.53 bits per heavy atom. The maximum atomic E-state index is 11.5. The number of nitrogens with zero attached hydrogens (tertiary/aromatic N) is 2. The fourth-order valence-corrected chi connectivity index (χ4v) is 8.40. The lowest BCUT2D eigenvalue weighted by molar-refractivity contribution is -0.485. The van der Waals surface area contributed by atoms with E-state index in [0.29, 0.717) is 24.4 Å². The van der Waals surface area contributed by atoms with E-state index in [1.54, 1.807) is 6.92 Å². The third-order valence-electron chi connectivity index (χ3n) is 10.4. The van der Waals surface area contributed by atoms with E-state index in [4.69, 9.17) is 19.2 Å². The fourth-order valence-electron chi connectivity index (χ4n) is 8.40. The summed E-state index contributed by atoms with van der Waals surface area (Å²) in [5.41, 5.74) is 1.39. The number of amides is 1. The van der Waals surface area contributed by atoms with E-state index >= 15 is 0 Å². The van der Waals surface area contributed by atoms with Gasteiger partial charge in [0.05, 0.1) is 6.10 Å². The topological polar surface area (TPSA) is 60.5 Å². The highest BCUT2D eigenvalue weighted by atomic mass is 17.2. The Balaban J connectivity index is 0.921. The molecule has 1 saturated heterocycles. The Morgan fingerprint density at radius 1 is 0.895 bits per heavy atom. The standard InChI is InChI=1S/C31H46N2O5/c1-22(34)33-13-11-32(12-14-33)15-16-36-29-7-3-25(4-8-29)26-5-9-30(10-6-26)37-38-31(35-2)27-18-23-17-24(20-27)21-28(31)19-23/h3-4,7-8,23-24,26-28,30H,5-6,9-21H2,1-2H3/t23?,24?,26-,27?,28?,30+,31?. The number of carbonyl (C=O) groups is 1. The second kappa shape index (κ2) is 11.4. The minimum atomic E-state index is -0.511. The Bertz CT molecular complexity index is 908. The van der Waals surface area contributed by atoms with Crippen LogP contribution in [0.25, 0.3) is 0 Å². The van der Waals surface area contributed by atoms with Gasteiger partial charge in [0.1, 0.15) is 12.4 Å². The Hall–Kier alpha value is -1.67. The molecule has 5 aliphatic carbocycles. The van der Waals surface area contributed by atoms with Crippen molar-refractivity contribution in [3.63, 3.8) is 0 Å². The molecule has 0 radical (unpaired) electrons. The predicted octanol–water partition coefficient (Wildman–Crippen LogP) is 5.00. The molecule has 7 nitrogen and oxygen atoms in total. The number of piperazine rings is 1. The zero-order valence-corrected chi connectivity index (χ0v) is 23.3. The molecule has 5 saturated carbocycles. The molecular formula is C31H46N2O5. The van der Waals surface area contributed by atoms with Crippen molar-refractivity contribution in [1.82, 2.24) is 9.80 Å². The van der Waals surface area contributed by atoms with Crippen molar-refractivity contribution >= 4 is 5.91 Å². The molecule has 1 aliphatic heterocycles. The number of carbonyl (C=O) groups excluding carboxylic acids is 1. The van der Waals surface area contributed by atoms with Gasteiger partial charge in [-0.1, -0.05) is 12.1 Å². The summed E-state index contributed by atoms with van der Waals surface area (Å²) in [4.78, 5) is 28.2. The van der Waals surface area contributed by atoms with E-state index in [1.165, 1.54) is 37.7 Å². The minimum absolute atomic E-state index is 0.162. The number of methoxy groups -OCH3 is 1. The van der Waals surface area contributed by atoms with Crippen LogP contribution in [0.4, 0.5) is 0 Å². The Kier molecular flexibility index (Phi) is 7.99. The first kappa shape index (κ1) is 26.5. The van der Waals surface area contributed by atoms with Crippen molar-refractivity contribution in [1.29, 1.82) is 0 Å². The predicted molar refractivity (Wildman–Crippen MR) is 145 cm³/mol. The van der Waals surface area contributed by atoms with E-state index in [-0.39, 0.29) is 12.0 Å². The number of ether oxygens (including phenoxy) is 2. The third kappa shape index (κ3) is 5.49. The van der Waals surface area contributed by atoms with Crippen molar-refractivity contribution in [2.24, 2.45) is 23.7 Å². The summed E-state index contributed by atoms with van der Waals surface area (Å²) in [5, 5.41) is 0. The minimum Gasteiger partial charge on any atom is -0.492 e. The lowest BCUT2D eigenvalue weighted by Crippen LogP contribution is -2.60. The fraction of sp³-hybridized carbons (Fsp3) is 0.774. The summed E-state index contributed by atoms with van der Waals surface area (Å²) in [6.07, 6.45) is 10.9. The van der Waals surface area contributed by atoms with Crippen LogP contribution in [0.3, 0.4) is 0 Å². The highest BCUT2D eigenvalue weighted by Crippen LogP contribution is 2.60. The molecule has 210 valence electrons. The smallest absolute Gasteiger partial charge is 0.219 e. The molecule has 0 aromatic heterocycles. The maximum absolute atomic E-state index is 11.5. The number of rotatable bonds is 9. The van der Waals surface area contributed by atoms with E-state index in [2.05, 4.69) is 29.2 Å². The Labute approximate surface area is 228 Å². The van der Waals surface area contributed by atoms with Crippen LogP contribution in [-0.4, -0.2) is 74.0 Å². The highest BCUT2D eigenvalue weighted by molar-refractivity contribution is 5.73. The maximum Gasteiger partial charge on any atom is 0.219 e. The summed E-state index contributed by atoms with van der Waals surface area (Å²) >= 11 is 0. The van der Waals surface area contributed by atoms with Gasteiger partial charge in [-0.15, -0.1) is 0 Å². The van der Waals surface area contributed by atoms with Crippen LogP contribution in [-0.2, 0) is 19.3 Å². The van der Waals surface area contributed by atoms with Gasteiger partial charge >= 0.3 is 0 Å². The largest absolute Gasteiger partial charge is 0.492 e. The Morgan fingerprint density at radius 3 is 2.11 bits per heavy atom. The van der Waals surface area contributed by atoms with E-state index in [9.17, 15) is 4.79 Å². The molecule has 1 amide bonds. The van der Waals surface area contributed by atoms with Crippen LogP contribution in [0.2, 0.25) is 0 Å². The number of hydrogen-bond acceptors (Lipinski definition) is 6. The van der Waals surface area contributed by atoms with Gasteiger partial charge in [0, 0.05) is 58.6 Å². The molecule has 0 spiro atoms. The van der Waals surface area contributed by atoms with Gasteiger partial charge in [0.2, 0.25) is 11.7 Å². The SMILES string of the molecule is COC1(OO[C@H]2CC[C@@H](c3ccc(OCCN4CCN(C(C)=O)CC4)cc3)CC2)C2CC3CC(C2)CC1C3. The van der Waals surface area contributed by atoms with Crippen LogP contribution in [0.15, 0.2) is 24.3 Å². The quantitative estimate of drug-likeness (QED) is 0.256. The van der Waals surface area contributed by atoms with Crippen molar-refractivity contribution < 1.29 is 24.0 Å². The molecule has 1 aromatic carbocycles. The number of hydrogen-bond donors (Lipinski definition) is 0. The van der Waals surface area contributed by atoms with E-state index < -0.39 is 5.79 Å². The summed E-state index contributed by atoms with van der Waals surface area (Å²) in [6.45, 7) is 6.70. The van der Waals surface area contributed by atoms with Crippen molar-refractivity contribution in [3.8, 4) is 5.75 Å². The van der Waals surface area contributed by atoms with Gasteiger partial charge < -0.3 is 14.4 Å². The van der Waals surface area contributed by atoms with Crippen molar-refractivity contribution in [2.45, 2.75) is 82.5 Å². The van der Waals surface area contributed by atoms with E-state index in [1.807, 2.05) is 12.0 Å². The van der Waals surface area contributed by atoms with Crippen LogP contribution in [0, 0.1) is 23.7 Å². The van der Waals surface area contributed by atoms with Gasteiger partial charge in [0.25, 0.3) is 0 Å². The summed E-state index contributed by atoms with van der Waals surface area (Å²) in [5.74, 6) is 3.92. The molecule has 0 N–H and O–H groups in total. The summed E-state index contributed by atoms with van der Waals surface area (Å²) in [7, 11) is 1.83. The molecule has 7 rings (SSSR count). The monoisotopic (exact) mass is 526 g/mol. The molecule has 38 heavy (non-hydrogen) atoms. The molecule has 1 heterocycles. The average molecular weight is 527 g/mol. The van der Waals surface area contributed by atoms with Gasteiger partial charge in [0.15, 0.2) is 0 Å². The van der Waals surface area contributed by atoms with Crippen LogP contribution >= 0.6 is 0 Å². The van der Waals surface area contributed by atoms with E-state index in [0.717, 1.165) is 76.0 Å². The van der Waals surface area contributed by atoms with Crippen molar-refractivity contribution in [3.05, 3.63) is 29.8 Å². The molecule has 0 unspecified atom stereocenters. The zero-order valence-electron chi connectivity index (χ0n) is 23.3. The van der Waals surface area contributed by atoms with Gasteiger partial charge in [-0.25, -0.2) is 9.78 Å². The molecule has 1 aromatic rings.